The molecule has 2 heterocycles. The van der Waals surface area contributed by atoms with Crippen LogP contribution in [0.2, 0.25) is 0 Å². The van der Waals surface area contributed by atoms with Crippen LogP contribution >= 0.6 is 0 Å². The minimum Gasteiger partial charge on any atom is -0.396 e. The number of hydrogen-bond donors (Lipinski definition) is 2. The zero-order chi connectivity index (χ0) is 14.6. The van der Waals surface area contributed by atoms with Crippen molar-refractivity contribution in [3.8, 4) is 0 Å². The molecule has 0 fully saturated rings. The van der Waals surface area contributed by atoms with Gasteiger partial charge in [0.1, 0.15) is 4.90 Å². The molecule has 2 rings (SSSR count). The van der Waals surface area contributed by atoms with Crippen LogP contribution in [0.4, 0.5) is 5.69 Å². The van der Waals surface area contributed by atoms with E-state index in [2.05, 4.69) is 14.8 Å². The molecule has 108 valence electrons. The van der Waals surface area contributed by atoms with E-state index < -0.39 is 10.0 Å². The van der Waals surface area contributed by atoms with E-state index in [-0.39, 0.29) is 11.5 Å². The Kier molecular flexibility index (Phi) is 4.35. The lowest BCUT2D eigenvalue weighted by atomic mass is 10.3. The van der Waals surface area contributed by atoms with E-state index in [0.717, 1.165) is 5.56 Å². The molecule has 7 nitrogen and oxygen atoms in total. The molecule has 2 N–H and O–H groups in total. The summed E-state index contributed by atoms with van der Waals surface area (Å²) in [5.41, 5.74) is 1.27. The smallest absolute Gasteiger partial charge is 0.265 e. The minimum absolute atomic E-state index is 0.0369. The van der Waals surface area contributed by atoms with E-state index in [9.17, 15) is 8.42 Å². The fourth-order valence-corrected chi connectivity index (χ4v) is 2.65. The average molecular weight is 296 g/mol. The number of aryl methyl sites for hydroxylation is 2. The third-order valence-electron chi connectivity index (χ3n) is 2.59. The van der Waals surface area contributed by atoms with Crippen LogP contribution in [0.3, 0.4) is 0 Å². The molecule has 2 aromatic heterocycles. The lowest BCUT2D eigenvalue weighted by Gasteiger charge is -2.06. The van der Waals surface area contributed by atoms with Crippen molar-refractivity contribution in [2.24, 2.45) is 0 Å². The first-order chi connectivity index (χ1) is 9.51. The first-order valence-corrected chi connectivity index (χ1v) is 7.57. The van der Waals surface area contributed by atoms with Gasteiger partial charge in [-0.1, -0.05) is 0 Å². The van der Waals surface area contributed by atoms with Gasteiger partial charge in [-0.3, -0.25) is 14.4 Å². The molecule has 0 saturated carbocycles. The van der Waals surface area contributed by atoms with Crippen LogP contribution in [-0.2, 0) is 16.6 Å². The number of nitrogens with one attached hydrogen (secondary N) is 1. The Morgan fingerprint density at radius 2 is 2.15 bits per heavy atom. The summed E-state index contributed by atoms with van der Waals surface area (Å²) in [6.45, 7) is 2.34. The largest absolute Gasteiger partial charge is 0.396 e. The van der Waals surface area contributed by atoms with Crippen molar-refractivity contribution >= 4 is 15.7 Å². The van der Waals surface area contributed by atoms with E-state index in [1.54, 1.807) is 12.3 Å². The SMILES string of the molecule is Cc1cncc(NS(=O)(=O)c2cnn(CCCO)c2)c1. The first kappa shape index (κ1) is 14.5. The summed E-state index contributed by atoms with van der Waals surface area (Å²) in [6.07, 6.45) is 6.33. The maximum atomic E-state index is 12.2. The minimum atomic E-state index is -3.67. The summed E-state index contributed by atoms with van der Waals surface area (Å²) < 4.78 is 28.3. The van der Waals surface area contributed by atoms with Gasteiger partial charge >= 0.3 is 0 Å². The summed E-state index contributed by atoms with van der Waals surface area (Å²) in [7, 11) is -3.67. The Hall–Kier alpha value is -1.93. The van der Waals surface area contributed by atoms with Crippen LogP contribution in [0.25, 0.3) is 0 Å². The molecule has 0 saturated heterocycles. The predicted molar refractivity (Wildman–Crippen MR) is 73.7 cm³/mol. The van der Waals surface area contributed by atoms with Gasteiger partial charge in [0.2, 0.25) is 0 Å². The highest BCUT2D eigenvalue weighted by molar-refractivity contribution is 7.92. The van der Waals surface area contributed by atoms with Gasteiger partial charge in [0.05, 0.1) is 18.1 Å². The molecule has 0 bridgehead atoms. The molecule has 0 atom stereocenters. The Morgan fingerprint density at radius 1 is 1.35 bits per heavy atom. The van der Waals surface area contributed by atoms with Crippen molar-refractivity contribution in [3.63, 3.8) is 0 Å². The average Bonchev–Trinajstić information content (AvgIpc) is 2.85. The number of nitrogens with zero attached hydrogens (tertiary/aromatic N) is 3. The second-order valence-corrected chi connectivity index (χ2v) is 6.06. The summed E-state index contributed by atoms with van der Waals surface area (Å²) in [4.78, 5) is 4.01. The highest BCUT2D eigenvalue weighted by Crippen LogP contribution is 2.15. The molecule has 0 amide bonds. The Morgan fingerprint density at radius 3 is 2.85 bits per heavy atom. The van der Waals surface area contributed by atoms with E-state index >= 15 is 0 Å². The Labute approximate surface area is 117 Å². The lowest BCUT2D eigenvalue weighted by molar-refractivity contribution is 0.277. The number of pyridine rings is 1. The highest BCUT2D eigenvalue weighted by Gasteiger charge is 2.16. The van der Waals surface area contributed by atoms with Crippen molar-refractivity contribution in [1.29, 1.82) is 0 Å². The highest BCUT2D eigenvalue weighted by atomic mass is 32.2. The number of sulfonamides is 1. The number of rotatable bonds is 6. The number of hydrogen-bond acceptors (Lipinski definition) is 5. The van der Waals surface area contributed by atoms with Gasteiger partial charge in [-0.2, -0.15) is 5.10 Å². The Balaban J connectivity index is 2.16. The van der Waals surface area contributed by atoms with Gasteiger partial charge in [-0.15, -0.1) is 0 Å². The molecule has 8 heteroatoms. The van der Waals surface area contributed by atoms with E-state index in [1.165, 1.54) is 23.3 Å². The van der Waals surface area contributed by atoms with Crippen molar-refractivity contribution in [1.82, 2.24) is 14.8 Å². The fraction of sp³-hybridized carbons (Fsp3) is 0.333. The van der Waals surface area contributed by atoms with Gasteiger partial charge in [-0.05, 0) is 25.0 Å². The standard InChI is InChI=1S/C12H16N4O3S/c1-10-5-11(7-13-6-10)15-20(18,19)12-8-14-16(9-12)3-2-4-17/h5-9,15,17H,2-4H2,1H3. The van der Waals surface area contributed by atoms with Crippen LogP contribution in [0, 0.1) is 6.92 Å². The fourth-order valence-electron chi connectivity index (χ4n) is 1.66. The quantitative estimate of drug-likeness (QED) is 0.820. The number of aliphatic hydroxyl groups is 1. The predicted octanol–water partition coefficient (Wildman–Crippen LogP) is 0.770. The summed E-state index contributed by atoms with van der Waals surface area (Å²) >= 11 is 0. The van der Waals surface area contributed by atoms with E-state index in [1.807, 2.05) is 6.92 Å². The second kappa shape index (κ2) is 6.02. The van der Waals surface area contributed by atoms with Crippen LogP contribution in [0.1, 0.15) is 12.0 Å². The van der Waals surface area contributed by atoms with Gasteiger partial charge in [0.15, 0.2) is 0 Å². The van der Waals surface area contributed by atoms with Crippen molar-refractivity contribution in [2.45, 2.75) is 24.8 Å². The van der Waals surface area contributed by atoms with Gasteiger partial charge < -0.3 is 5.11 Å². The monoisotopic (exact) mass is 296 g/mol. The third-order valence-corrected chi connectivity index (χ3v) is 3.93. The van der Waals surface area contributed by atoms with Crippen molar-refractivity contribution in [2.75, 3.05) is 11.3 Å². The number of aromatic nitrogens is 3. The third kappa shape index (κ3) is 3.55. The molecule has 0 spiro atoms. The number of aliphatic hydroxyl groups excluding tert-OH is 1. The molecule has 0 aromatic carbocycles. The molecule has 2 aromatic rings. The molecule has 0 aliphatic heterocycles. The molecule has 0 aliphatic carbocycles. The Bertz CT molecular complexity index is 682. The number of anilines is 1. The summed E-state index contributed by atoms with van der Waals surface area (Å²) in [5, 5.41) is 12.7. The van der Waals surface area contributed by atoms with Gasteiger partial charge in [0.25, 0.3) is 10.0 Å². The van der Waals surface area contributed by atoms with Crippen LogP contribution in [0.15, 0.2) is 35.7 Å². The normalized spacial score (nSPS) is 11.5. The maximum absolute atomic E-state index is 12.2. The topological polar surface area (TPSA) is 97.1 Å². The van der Waals surface area contributed by atoms with Gasteiger partial charge in [0, 0.05) is 25.5 Å². The van der Waals surface area contributed by atoms with Gasteiger partial charge in [-0.25, -0.2) is 8.42 Å². The van der Waals surface area contributed by atoms with Crippen LogP contribution in [0.5, 0.6) is 0 Å². The summed E-state index contributed by atoms with van der Waals surface area (Å²) in [6, 6.07) is 1.70. The van der Waals surface area contributed by atoms with Crippen LogP contribution < -0.4 is 4.72 Å². The van der Waals surface area contributed by atoms with E-state index in [0.29, 0.717) is 18.7 Å². The van der Waals surface area contributed by atoms with Crippen molar-refractivity contribution in [3.05, 3.63) is 36.4 Å². The molecule has 20 heavy (non-hydrogen) atoms. The molecular weight excluding hydrogens is 280 g/mol. The lowest BCUT2D eigenvalue weighted by Crippen LogP contribution is -2.12. The summed E-state index contributed by atoms with van der Waals surface area (Å²) in [5.74, 6) is 0. The van der Waals surface area contributed by atoms with E-state index in [4.69, 9.17) is 5.11 Å². The zero-order valence-electron chi connectivity index (χ0n) is 11.0. The second-order valence-electron chi connectivity index (χ2n) is 4.37. The molecule has 0 radical (unpaired) electrons. The maximum Gasteiger partial charge on any atom is 0.265 e. The van der Waals surface area contributed by atoms with Crippen LogP contribution in [-0.4, -0.2) is 34.9 Å². The molecule has 0 unspecified atom stereocenters. The van der Waals surface area contributed by atoms with Crippen molar-refractivity contribution < 1.29 is 13.5 Å². The first-order valence-electron chi connectivity index (χ1n) is 6.09. The molecular formula is C12H16N4O3S. The zero-order valence-corrected chi connectivity index (χ0v) is 11.8. The molecule has 0 aliphatic rings.